The summed E-state index contributed by atoms with van der Waals surface area (Å²) in [5, 5.41) is 3.51. The molecule has 0 spiro atoms. The molecule has 1 aromatic rings. The molecule has 4 aliphatic carbocycles. The minimum absolute atomic E-state index is 0. The van der Waals surface area contributed by atoms with E-state index in [2.05, 4.69) is 5.32 Å². The van der Waals surface area contributed by atoms with E-state index in [9.17, 15) is 4.79 Å². The molecule has 4 heteroatoms. The molecule has 23 heavy (non-hydrogen) atoms. The van der Waals surface area contributed by atoms with Crippen LogP contribution in [0.25, 0.3) is 0 Å². The molecule has 4 fully saturated rings. The van der Waals surface area contributed by atoms with Crippen molar-refractivity contribution in [3.05, 3.63) is 24.3 Å². The van der Waals surface area contributed by atoms with Crippen LogP contribution in [-0.2, 0) is 4.79 Å². The van der Waals surface area contributed by atoms with E-state index in [0.717, 1.165) is 35.5 Å². The Labute approximate surface area is 144 Å². The number of halogens is 1. The molecule has 0 heterocycles. The van der Waals surface area contributed by atoms with Gasteiger partial charge in [-0.2, -0.15) is 0 Å². The van der Waals surface area contributed by atoms with Gasteiger partial charge in [0.15, 0.2) is 0 Å². The summed E-state index contributed by atoms with van der Waals surface area (Å²) in [6, 6.07) is 7.83. The van der Waals surface area contributed by atoms with Gasteiger partial charge in [0.05, 0.1) is 18.8 Å². The van der Waals surface area contributed by atoms with Crippen LogP contribution in [0.1, 0.15) is 38.5 Å². The van der Waals surface area contributed by atoms with Gasteiger partial charge < -0.3 is 14.8 Å². The van der Waals surface area contributed by atoms with Gasteiger partial charge in [0.2, 0.25) is 0 Å². The van der Waals surface area contributed by atoms with Gasteiger partial charge in [0, 0.05) is 0 Å². The Morgan fingerprint density at radius 1 is 1.13 bits per heavy atom. The summed E-state index contributed by atoms with van der Waals surface area (Å²) in [5.41, 5.74) is 1.12. The topological polar surface area (TPSA) is 38.3 Å². The average Bonchev–Trinajstić information content (AvgIpc) is 2.51. The number of aldehydes is 1. The first kappa shape index (κ1) is 16.6. The minimum atomic E-state index is -0.0859. The number of ether oxygens (including phenoxy) is 1. The van der Waals surface area contributed by atoms with E-state index in [1.165, 1.54) is 38.5 Å². The Balaban J connectivity index is 0.00000156. The van der Waals surface area contributed by atoms with E-state index in [-0.39, 0.29) is 23.9 Å². The van der Waals surface area contributed by atoms with Crippen LogP contribution < -0.4 is 10.1 Å². The highest BCUT2D eigenvalue weighted by atomic mass is 35.5. The van der Waals surface area contributed by atoms with Gasteiger partial charge >= 0.3 is 0 Å². The zero-order chi connectivity index (χ0) is 15.2. The first-order chi connectivity index (χ1) is 10.7. The van der Waals surface area contributed by atoms with Crippen LogP contribution in [0.3, 0.4) is 0 Å². The van der Waals surface area contributed by atoms with E-state index < -0.39 is 0 Å². The number of hydrogen-bond donors (Lipinski definition) is 1. The molecule has 1 N–H and O–H groups in total. The molecule has 3 nitrogen and oxygen atoms in total. The Morgan fingerprint density at radius 2 is 1.70 bits per heavy atom. The molecule has 0 saturated heterocycles. The zero-order valence-electron chi connectivity index (χ0n) is 13.7. The predicted molar refractivity (Wildman–Crippen MR) is 94.3 cm³/mol. The number of methoxy groups -OCH3 is 1. The predicted octanol–water partition coefficient (Wildman–Crippen LogP) is 4.31. The maximum absolute atomic E-state index is 11.9. The van der Waals surface area contributed by atoms with Crippen molar-refractivity contribution < 1.29 is 9.53 Å². The SMILES string of the molecule is COc1ccccc1NC(C=O)C12CC3CC(CC(C3)C1)C2.Cl. The molecule has 4 saturated carbocycles. The number of carbonyl (C=O) groups excluding carboxylic acids is 1. The van der Waals surface area contributed by atoms with E-state index in [0.29, 0.717) is 0 Å². The Morgan fingerprint density at radius 3 is 2.22 bits per heavy atom. The van der Waals surface area contributed by atoms with Gasteiger partial charge in [-0.25, -0.2) is 0 Å². The first-order valence-electron chi connectivity index (χ1n) is 8.57. The van der Waals surface area contributed by atoms with Gasteiger partial charge in [-0.15, -0.1) is 12.4 Å². The molecule has 0 radical (unpaired) electrons. The van der Waals surface area contributed by atoms with E-state index in [1.807, 2.05) is 24.3 Å². The second-order valence-electron chi connectivity index (χ2n) is 7.74. The summed E-state index contributed by atoms with van der Waals surface area (Å²) in [7, 11) is 1.68. The third-order valence-corrected chi connectivity index (χ3v) is 6.30. The third kappa shape index (κ3) is 2.84. The summed E-state index contributed by atoms with van der Waals surface area (Å²) < 4.78 is 5.43. The summed E-state index contributed by atoms with van der Waals surface area (Å²) in [5.74, 6) is 3.38. The lowest BCUT2D eigenvalue weighted by atomic mass is 9.48. The normalized spacial score (nSPS) is 35.3. The molecular formula is C19H26ClNO2. The monoisotopic (exact) mass is 335 g/mol. The Kier molecular flexibility index (Phi) is 4.59. The van der Waals surface area contributed by atoms with Crippen LogP contribution in [0.15, 0.2) is 24.3 Å². The second kappa shape index (κ2) is 6.35. The van der Waals surface area contributed by atoms with Gasteiger partial charge in [-0.1, -0.05) is 12.1 Å². The molecule has 126 valence electrons. The number of rotatable bonds is 5. The van der Waals surface area contributed by atoms with Gasteiger partial charge in [-0.3, -0.25) is 0 Å². The van der Waals surface area contributed by atoms with Gasteiger partial charge in [-0.05, 0) is 73.8 Å². The quantitative estimate of drug-likeness (QED) is 0.815. The van der Waals surface area contributed by atoms with Crippen LogP contribution in [0.4, 0.5) is 5.69 Å². The number of para-hydroxylation sites is 2. The maximum atomic E-state index is 11.9. The summed E-state index contributed by atoms with van der Waals surface area (Å²) in [6.07, 6.45) is 9.04. The van der Waals surface area contributed by atoms with E-state index >= 15 is 0 Å². The largest absolute Gasteiger partial charge is 0.495 e. The van der Waals surface area contributed by atoms with Crippen molar-refractivity contribution in [1.29, 1.82) is 0 Å². The highest BCUT2D eigenvalue weighted by Gasteiger charge is 2.54. The van der Waals surface area contributed by atoms with Crippen LogP contribution >= 0.6 is 12.4 Å². The average molecular weight is 336 g/mol. The summed E-state index contributed by atoms with van der Waals surface area (Å²) in [6.45, 7) is 0. The maximum Gasteiger partial charge on any atom is 0.142 e. The van der Waals surface area contributed by atoms with Crippen molar-refractivity contribution in [1.82, 2.24) is 0 Å². The fourth-order valence-corrected chi connectivity index (χ4v) is 5.82. The molecule has 0 aromatic heterocycles. The lowest BCUT2D eigenvalue weighted by molar-refractivity contribution is -0.118. The summed E-state index contributed by atoms with van der Waals surface area (Å²) >= 11 is 0. The zero-order valence-corrected chi connectivity index (χ0v) is 14.5. The van der Waals surface area contributed by atoms with Crippen LogP contribution in [0, 0.1) is 23.2 Å². The van der Waals surface area contributed by atoms with Crippen molar-refractivity contribution >= 4 is 24.4 Å². The fraction of sp³-hybridized carbons (Fsp3) is 0.632. The molecule has 1 atom stereocenters. The van der Waals surface area contributed by atoms with Crippen molar-refractivity contribution in [3.8, 4) is 5.75 Å². The third-order valence-electron chi connectivity index (χ3n) is 6.30. The highest BCUT2D eigenvalue weighted by Crippen LogP contribution is 2.61. The Bertz CT molecular complexity index is 539. The minimum Gasteiger partial charge on any atom is -0.495 e. The molecule has 4 bridgehead atoms. The van der Waals surface area contributed by atoms with Crippen molar-refractivity contribution in [2.75, 3.05) is 12.4 Å². The van der Waals surface area contributed by atoms with Gasteiger partial charge in [0.1, 0.15) is 12.0 Å². The van der Waals surface area contributed by atoms with Crippen LogP contribution in [0.5, 0.6) is 5.75 Å². The number of carbonyl (C=O) groups is 1. The molecule has 0 amide bonds. The number of hydrogen-bond acceptors (Lipinski definition) is 3. The molecular weight excluding hydrogens is 310 g/mol. The van der Waals surface area contributed by atoms with Crippen molar-refractivity contribution in [3.63, 3.8) is 0 Å². The fourth-order valence-electron chi connectivity index (χ4n) is 5.82. The van der Waals surface area contributed by atoms with Crippen molar-refractivity contribution in [2.24, 2.45) is 23.2 Å². The lowest BCUT2D eigenvalue weighted by Gasteiger charge is -2.58. The first-order valence-corrected chi connectivity index (χ1v) is 8.57. The van der Waals surface area contributed by atoms with E-state index in [1.54, 1.807) is 7.11 Å². The molecule has 5 rings (SSSR count). The lowest BCUT2D eigenvalue weighted by Crippen LogP contribution is -2.54. The summed E-state index contributed by atoms with van der Waals surface area (Å²) in [4.78, 5) is 11.9. The van der Waals surface area contributed by atoms with Crippen LogP contribution in [0.2, 0.25) is 0 Å². The molecule has 0 aliphatic heterocycles. The number of nitrogens with one attached hydrogen (secondary N) is 1. The smallest absolute Gasteiger partial charge is 0.142 e. The molecule has 1 unspecified atom stereocenters. The number of benzene rings is 1. The second-order valence-corrected chi connectivity index (χ2v) is 7.74. The van der Waals surface area contributed by atoms with E-state index in [4.69, 9.17) is 4.74 Å². The standard InChI is InChI=1S/C19H25NO2.ClH/c1-22-17-5-3-2-4-16(17)20-18(12-21)19-9-13-6-14(10-19)8-15(7-13)11-19;/h2-5,12-15,18,20H,6-11H2,1H3;1H. The molecule has 4 aliphatic rings. The highest BCUT2D eigenvalue weighted by molar-refractivity contribution is 5.85. The van der Waals surface area contributed by atoms with Gasteiger partial charge in [0.25, 0.3) is 0 Å². The Hall–Kier alpha value is -1.22. The number of anilines is 1. The molecule has 1 aromatic carbocycles. The van der Waals surface area contributed by atoms with Crippen molar-refractivity contribution in [2.45, 2.75) is 44.6 Å². The van der Waals surface area contributed by atoms with Crippen LogP contribution in [-0.4, -0.2) is 19.4 Å².